The van der Waals surface area contributed by atoms with E-state index >= 15 is 0 Å². The van der Waals surface area contributed by atoms with Crippen molar-refractivity contribution < 1.29 is 28.6 Å². The van der Waals surface area contributed by atoms with Crippen molar-refractivity contribution in [1.82, 2.24) is 0 Å². The molecule has 0 radical (unpaired) electrons. The van der Waals surface area contributed by atoms with Gasteiger partial charge in [0.15, 0.2) is 6.10 Å². The van der Waals surface area contributed by atoms with Gasteiger partial charge in [-0.2, -0.15) is 0 Å². The average Bonchev–Trinajstić information content (AvgIpc) is 3.35. The minimum absolute atomic E-state index is 0.0930. The van der Waals surface area contributed by atoms with Crippen LogP contribution < -0.4 is 0 Å². The third-order valence-electron chi connectivity index (χ3n) is 13.0. The number of rotatable bonds is 54. The van der Waals surface area contributed by atoms with Crippen molar-refractivity contribution in [2.75, 3.05) is 13.2 Å². The van der Waals surface area contributed by atoms with E-state index in [1.807, 2.05) is 0 Å². The normalized spacial score (nSPS) is 12.4. The van der Waals surface area contributed by atoms with E-state index < -0.39 is 6.10 Å². The molecular weight excluding hydrogens is 853 g/mol. The maximum atomic E-state index is 12.8. The molecule has 400 valence electrons. The van der Waals surface area contributed by atoms with Gasteiger partial charge in [-0.3, -0.25) is 14.4 Å². The van der Waals surface area contributed by atoms with Gasteiger partial charge in [-0.05, 0) is 57.8 Å². The smallest absolute Gasteiger partial charge is 0.306 e. The zero-order valence-electron chi connectivity index (χ0n) is 45.8. The van der Waals surface area contributed by atoms with E-state index in [-0.39, 0.29) is 37.5 Å². The van der Waals surface area contributed by atoms with Crippen LogP contribution in [0, 0.1) is 0 Å². The lowest BCUT2D eigenvalue weighted by Gasteiger charge is -2.18. The molecule has 0 aromatic carbocycles. The summed E-state index contributed by atoms with van der Waals surface area (Å²) in [5.74, 6) is -0.940. The molecule has 0 saturated carbocycles. The molecule has 0 bridgehead atoms. The second kappa shape index (κ2) is 57.7. The molecule has 0 spiro atoms. The van der Waals surface area contributed by atoms with E-state index in [1.54, 1.807) is 0 Å². The van der Waals surface area contributed by atoms with Crippen LogP contribution in [-0.4, -0.2) is 37.2 Å². The molecule has 0 heterocycles. The summed E-state index contributed by atoms with van der Waals surface area (Å²) in [5.41, 5.74) is 0. The second-order valence-electron chi connectivity index (χ2n) is 19.9. The van der Waals surface area contributed by atoms with Crippen LogP contribution in [0.4, 0.5) is 0 Å². The fourth-order valence-corrected chi connectivity index (χ4v) is 8.60. The third kappa shape index (κ3) is 55.9. The molecule has 0 aliphatic heterocycles. The molecule has 0 aromatic heterocycles. The predicted octanol–water partition coefficient (Wildman–Crippen LogP) is 20.0. The lowest BCUT2D eigenvalue weighted by atomic mass is 10.0. The van der Waals surface area contributed by atoms with Crippen molar-refractivity contribution in [1.29, 1.82) is 0 Å². The highest BCUT2D eigenvalue weighted by Crippen LogP contribution is 2.17. The van der Waals surface area contributed by atoms with Gasteiger partial charge in [-0.1, -0.05) is 287 Å². The van der Waals surface area contributed by atoms with Crippen molar-refractivity contribution in [2.45, 2.75) is 309 Å². The topological polar surface area (TPSA) is 78.9 Å². The summed E-state index contributed by atoms with van der Waals surface area (Å²) in [7, 11) is 0. The van der Waals surface area contributed by atoms with Gasteiger partial charge in [0.05, 0.1) is 0 Å². The summed E-state index contributed by atoms with van der Waals surface area (Å²) in [6.45, 7) is 6.50. The van der Waals surface area contributed by atoms with Crippen LogP contribution in [0.1, 0.15) is 303 Å². The first-order valence-electron chi connectivity index (χ1n) is 29.8. The fraction of sp³-hybridized carbons (Fsp3) is 0.794. The highest BCUT2D eigenvalue weighted by Gasteiger charge is 2.19. The molecule has 69 heavy (non-hydrogen) atoms. The Morgan fingerprint density at radius 1 is 0.304 bits per heavy atom. The molecule has 0 saturated heterocycles. The predicted molar refractivity (Wildman–Crippen MR) is 298 cm³/mol. The molecule has 0 rings (SSSR count). The van der Waals surface area contributed by atoms with E-state index in [9.17, 15) is 14.4 Å². The van der Waals surface area contributed by atoms with Crippen molar-refractivity contribution >= 4 is 17.9 Å². The zero-order valence-corrected chi connectivity index (χ0v) is 45.8. The van der Waals surface area contributed by atoms with Crippen LogP contribution in [0.15, 0.2) is 60.8 Å². The van der Waals surface area contributed by atoms with Gasteiger partial charge in [0.2, 0.25) is 0 Å². The lowest BCUT2D eigenvalue weighted by molar-refractivity contribution is -0.167. The van der Waals surface area contributed by atoms with Crippen LogP contribution in [0.5, 0.6) is 0 Å². The Morgan fingerprint density at radius 2 is 0.565 bits per heavy atom. The Balaban J connectivity index is 4.27. The Labute approximate surface area is 428 Å². The first kappa shape index (κ1) is 66.1. The Bertz CT molecular complexity index is 1250. The summed E-state index contributed by atoms with van der Waals surface area (Å²) in [6.07, 6.45) is 72.4. The van der Waals surface area contributed by atoms with Gasteiger partial charge >= 0.3 is 17.9 Å². The highest BCUT2D eigenvalue weighted by molar-refractivity contribution is 5.71. The summed E-state index contributed by atoms with van der Waals surface area (Å²) in [5, 5.41) is 0. The number of esters is 3. The largest absolute Gasteiger partial charge is 0.462 e. The number of ether oxygens (including phenoxy) is 3. The minimum Gasteiger partial charge on any atom is -0.462 e. The third-order valence-corrected chi connectivity index (χ3v) is 13.0. The number of carbonyl (C=O) groups is 3. The maximum Gasteiger partial charge on any atom is 0.306 e. The maximum absolute atomic E-state index is 12.8. The Hall–Kier alpha value is -2.89. The van der Waals surface area contributed by atoms with E-state index in [2.05, 4.69) is 81.5 Å². The molecule has 6 nitrogen and oxygen atoms in total. The summed E-state index contributed by atoms with van der Waals surface area (Å²) in [4.78, 5) is 38.1. The van der Waals surface area contributed by atoms with Crippen molar-refractivity contribution in [3.63, 3.8) is 0 Å². The van der Waals surface area contributed by atoms with Gasteiger partial charge in [-0.15, -0.1) is 0 Å². The number of unbranched alkanes of at least 4 members (excludes halogenated alkanes) is 33. The van der Waals surface area contributed by atoms with Gasteiger partial charge in [0, 0.05) is 19.3 Å². The standard InChI is InChI=1S/C63H112O6/c1-4-7-10-13-16-19-22-24-26-28-29-30-31-32-33-34-36-37-39-41-44-47-50-53-56-62(65)68-59-60(58-67-61(64)55-52-49-46-43-21-18-15-12-9-6-3)69-63(66)57-54-51-48-45-42-40-38-35-27-25-23-20-17-14-11-8-5-2/h8,11,17,20,25,27,38,40,45,48,60H,4-7,9-10,12-16,18-19,21-24,26,28-37,39,41-44,46-47,49-59H2,1-3H3/b11-8-,20-17-,27-25-,40-38-,48-45-. The number of allylic oxidation sites excluding steroid dienone is 10. The molecule has 1 unspecified atom stereocenters. The highest BCUT2D eigenvalue weighted by atomic mass is 16.6. The van der Waals surface area contributed by atoms with E-state index in [0.717, 1.165) is 77.0 Å². The molecule has 0 aromatic rings. The van der Waals surface area contributed by atoms with Crippen LogP contribution >= 0.6 is 0 Å². The van der Waals surface area contributed by atoms with Gasteiger partial charge in [0.1, 0.15) is 13.2 Å². The SMILES string of the molecule is CC/C=C\C/C=C\C/C=C\C/C=C\C/C=C\CCCC(=O)OC(COC(=O)CCCCCCCCCCCC)COC(=O)CCCCCCCCCCCCCCCCCCCCCCCCCC. The van der Waals surface area contributed by atoms with Gasteiger partial charge in [-0.25, -0.2) is 0 Å². The van der Waals surface area contributed by atoms with Gasteiger partial charge < -0.3 is 14.2 Å². The molecule has 0 aliphatic carbocycles. The first-order valence-corrected chi connectivity index (χ1v) is 29.8. The minimum atomic E-state index is -0.800. The van der Waals surface area contributed by atoms with Crippen molar-refractivity contribution in [3.8, 4) is 0 Å². The molecule has 0 N–H and O–H groups in total. The van der Waals surface area contributed by atoms with Crippen LogP contribution in [-0.2, 0) is 28.6 Å². The van der Waals surface area contributed by atoms with E-state index in [1.165, 1.54) is 180 Å². The summed E-state index contributed by atoms with van der Waals surface area (Å²) in [6, 6.07) is 0. The number of carbonyl (C=O) groups excluding carboxylic acids is 3. The molecule has 0 amide bonds. The van der Waals surface area contributed by atoms with Crippen LogP contribution in [0.2, 0.25) is 0 Å². The lowest BCUT2D eigenvalue weighted by Crippen LogP contribution is -2.30. The first-order chi connectivity index (χ1) is 34.0. The summed E-state index contributed by atoms with van der Waals surface area (Å²) < 4.78 is 16.8. The second-order valence-corrected chi connectivity index (χ2v) is 19.9. The van der Waals surface area contributed by atoms with Crippen LogP contribution in [0.3, 0.4) is 0 Å². The Kier molecular flexibility index (Phi) is 55.3. The number of hydrogen-bond acceptors (Lipinski definition) is 6. The van der Waals surface area contributed by atoms with Gasteiger partial charge in [0.25, 0.3) is 0 Å². The number of hydrogen-bond donors (Lipinski definition) is 0. The van der Waals surface area contributed by atoms with E-state index in [0.29, 0.717) is 19.3 Å². The molecule has 0 fully saturated rings. The molecule has 0 aliphatic rings. The quantitative estimate of drug-likeness (QED) is 0.0262. The van der Waals surface area contributed by atoms with Crippen LogP contribution in [0.25, 0.3) is 0 Å². The fourth-order valence-electron chi connectivity index (χ4n) is 8.60. The molecule has 1 atom stereocenters. The average molecular weight is 966 g/mol. The molecular formula is C63H112O6. The molecule has 6 heteroatoms. The monoisotopic (exact) mass is 965 g/mol. The van der Waals surface area contributed by atoms with Crippen molar-refractivity contribution in [3.05, 3.63) is 60.8 Å². The van der Waals surface area contributed by atoms with Crippen molar-refractivity contribution in [2.24, 2.45) is 0 Å². The zero-order chi connectivity index (χ0) is 50.0. The van der Waals surface area contributed by atoms with E-state index in [4.69, 9.17) is 14.2 Å². The Morgan fingerprint density at radius 3 is 0.870 bits per heavy atom. The summed E-state index contributed by atoms with van der Waals surface area (Å²) >= 11 is 0.